The number of aliphatic hydroxyl groups is 1. The number of hydrogen-bond acceptors (Lipinski definition) is 4. The molecule has 1 saturated heterocycles. The number of phenolic OH excluding ortho intramolecular Hbond substituents is 1. The summed E-state index contributed by atoms with van der Waals surface area (Å²) in [6, 6.07) is 4.38. The molecule has 4 heteroatoms. The van der Waals surface area contributed by atoms with Crippen molar-refractivity contribution in [2.45, 2.75) is 75.0 Å². The van der Waals surface area contributed by atoms with Crippen molar-refractivity contribution in [1.29, 1.82) is 0 Å². The molecule has 1 aromatic rings. The number of carbonyl (C=O) groups excluding carboxylic acids is 1. The molecule has 0 amide bonds. The Labute approximate surface area is 142 Å². The summed E-state index contributed by atoms with van der Waals surface area (Å²) in [6.45, 7) is 3.00. The topological polar surface area (TPSA) is 60.8 Å². The lowest BCUT2D eigenvalue weighted by molar-refractivity contribution is -0.174. The van der Waals surface area contributed by atoms with Gasteiger partial charge in [0.25, 0.3) is 0 Å². The summed E-state index contributed by atoms with van der Waals surface area (Å²) in [4.78, 5) is 14.9. The summed E-state index contributed by atoms with van der Waals surface area (Å²) >= 11 is 0. The van der Waals surface area contributed by atoms with Gasteiger partial charge < -0.3 is 10.2 Å². The first-order chi connectivity index (χ1) is 11.4. The van der Waals surface area contributed by atoms with Crippen molar-refractivity contribution in [2.24, 2.45) is 0 Å². The fourth-order valence-electron chi connectivity index (χ4n) is 5.97. The van der Waals surface area contributed by atoms with Crippen LogP contribution in [0.15, 0.2) is 12.1 Å². The molecule has 3 fully saturated rings. The molecule has 1 aliphatic heterocycles. The number of rotatable bonds is 1. The lowest BCUT2D eigenvalue weighted by Crippen LogP contribution is -2.73. The molecule has 128 valence electrons. The standard InChI is InChI=1S/C20H25NO3/c1-12-8-15(23)9-17-16(12)10-18-20(24)5-4-14(22)11-19(17,20)6-7-21(18)13-2-3-13/h8-9,13,18,23-24H,2-7,10-11H2,1H3/t18-,19+,20+/m0/s1. The number of Topliss-reactive ketones (excluding diaryl/α,β-unsaturated/α-hetero) is 1. The summed E-state index contributed by atoms with van der Waals surface area (Å²) in [7, 11) is 0. The van der Waals surface area contributed by atoms with E-state index >= 15 is 0 Å². The Bertz CT molecular complexity index is 741. The molecule has 5 rings (SSSR count). The van der Waals surface area contributed by atoms with E-state index in [2.05, 4.69) is 4.90 Å². The number of piperidine rings is 1. The molecule has 4 nitrogen and oxygen atoms in total. The smallest absolute Gasteiger partial charge is 0.134 e. The highest BCUT2D eigenvalue weighted by Crippen LogP contribution is 2.59. The van der Waals surface area contributed by atoms with Crippen LogP contribution in [0.5, 0.6) is 5.75 Å². The molecule has 0 unspecified atom stereocenters. The van der Waals surface area contributed by atoms with Crippen LogP contribution in [-0.2, 0) is 16.6 Å². The van der Waals surface area contributed by atoms with E-state index in [-0.39, 0.29) is 17.6 Å². The lowest BCUT2D eigenvalue weighted by Gasteiger charge is -2.63. The van der Waals surface area contributed by atoms with E-state index in [1.165, 1.54) is 18.4 Å². The van der Waals surface area contributed by atoms with Gasteiger partial charge >= 0.3 is 0 Å². The van der Waals surface area contributed by atoms with E-state index in [1.807, 2.05) is 19.1 Å². The highest BCUT2D eigenvalue weighted by molar-refractivity contribution is 5.82. The van der Waals surface area contributed by atoms with Crippen molar-refractivity contribution in [3.8, 4) is 5.75 Å². The fourth-order valence-corrected chi connectivity index (χ4v) is 5.97. The molecule has 3 atom stereocenters. The molecule has 2 N–H and O–H groups in total. The second kappa shape index (κ2) is 4.61. The van der Waals surface area contributed by atoms with Crippen molar-refractivity contribution < 1.29 is 15.0 Å². The molecular weight excluding hydrogens is 302 g/mol. The first kappa shape index (κ1) is 14.9. The Morgan fingerprint density at radius 2 is 2.04 bits per heavy atom. The fraction of sp³-hybridized carbons (Fsp3) is 0.650. The summed E-state index contributed by atoms with van der Waals surface area (Å²) < 4.78 is 0. The number of aryl methyl sites for hydroxylation is 1. The number of phenols is 1. The molecule has 4 aliphatic rings. The lowest BCUT2D eigenvalue weighted by atomic mass is 9.49. The highest BCUT2D eigenvalue weighted by atomic mass is 16.3. The van der Waals surface area contributed by atoms with Crippen molar-refractivity contribution in [3.05, 3.63) is 28.8 Å². The number of carbonyl (C=O) groups is 1. The quantitative estimate of drug-likeness (QED) is 0.830. The first-order valence-corrected chi connectivity index (χ1v) is 9.27. The monoisotopic (exact) mass is 327 g/mol. The third-order valence-corrected chi connectivity index (χ3v) is 7.25. The van der Waals surface area contributed by atoms with Crippen molar-refractivity contribution in [2.75, 3.05) is 6.54 Å². The Balaban J connectivity index is 1.75. The molecular formula is C20H25NO3. The summed E-state index contributed by atoms with van der Waals surface area (Å²) in [5.74, 6) is 0.510. The van der Waals surface area contributed by atoms with Gasteiger partial charge in [0.05, 0.1) is 5.60 Å². The van der Waals surface area contributed by atoms with Gasteiger partial charge in [-0.15, -0.1) is 0 Å². The van der Waals surface area contributed by atoms with Crippen LogP contribution in [0, 0.1) is 6.92 Å². The molecule has 0 aromatic heterocycles. The van der Waals surface area contributed by atoms with Gasteiger partial charge in [-0.05, 0) is 74.4 Å². The van der Waals surface area contributed by atoms with Crippen molar-refractivity contribution in [3.63, 3.8) is 0 Å². The number of fused-ring (bicyclic) bond motifs is 1. The maximum absolute atomic E-state index is 12.4. The minimum absolute atomic E-state index is 0.114. The molecule has 0 radical (unpaired) electrons. The van der Waals surface area contributed by atoms with Gasteiger partial charge in [0.2, 0.25) is 0 Å². The maximum Gasteiger partial charge on any atom is 0.134 e. The Kier molecular flexibility index (Phi) is 2.87. The van der Waals surface area contributed by atoms with Gasteiger partial charge in [-0.2, -0.15) is 0 Å². The Morgan fingerprint density at radius 1 is 1.25 bits per heavy atom. The van der Waals surface area contributed by atoms with Gasteiger partial charge in [-0.25, -0.2) is 0 Å². The molecule has 1 aromatic carbocycles. The SMILES string of the molecule is Cc1cc(O)cc2c1C[C@@H]1N(C3CC3)CC[C@@]23CC(=O)CC[C@@]13O. The molecule has 24 heavy (non-hydrogen) atoms. The molecule has 2 bridgehead atoms. The van der Waals surface area contributed by atoms with Crippen LogP contribution in [0.4, 0.5) is 0 Å². The van der Waals surface area contributed by atoms with Crippen LogP contribution in [0.3, 0.4) is 0 Å². The average molecular weight is 327 g/mol. The average Bonchev–Trinajstić information content (AvgIpc) is 3.34. The van der Waals surface area contributed by atoms with Gasteiger partial charge in [0.15, 0.2) is 0 Å². The molecule has 2 saturated carbocycles. The number of ketones is 1. The number of nitrogens with zero attached hydrogens (tertiary/aromatic N) is 1. The Morgan fingerprint density at radius 3 is 2.79 bits per heavy atom. The zero-order valence-electron chi connectivity index (χ0n) is 14.2. The Hall–Kier alpha value is -1.39. The molecule has 0 spiro atoms. The summed E-state index contributed by atoms with van der Waals surface area (Å²) in [6.07, 6.45) is 5.60. The predicted molar refractivity (Wildman–Crippen MR) is 90.2 cm³/mol. The largest absolute Gasteiger partial charge is 0.508 e. The van der Waals surface area contributed by atoms with E-state index in [4.69, 9.17) is 0 Å². The van der Waals surface area contributed by atoms with Crippen molar-refractivity contribution in [1.82, 2.24) is 4.90 Å². The number of likely N-dealkylation sites (tertiary alicyclic amines) is 1. The highest BCUT2D eigenvalue weighted by Gasteiger charge is 2.65. The maximum atomic E-state index is 12.4. The third-order valence-electron chi connectivity index (χ3n) is 7.25. The zero-order chi connectivity index (χ0) is 16.7. The molecule has 1 heterocycles. The van der Waals surface area contributed by atoms with Gasteiger partial charge in [0.1, 0.15) is 11.5 Å². The van der Waals surface area contributed by atoms with E-state index < -0.39 is 11.0 Å². The van der Waals surface area contributed by atoms with E-state index in [1.54, 1.807) is 0 Å². The van der Waals surface area contributed by atoms with Gasteiger partial charge in [0, 0.05) is 30.3 Å². The summed E-state index contributed by atoms with van der Waals surface area (Å²) in [5.41, 5.74) is 2.04. The van der Waals surface area contributed by atoms with Crippen LogP contribution in [-0.4, -0.2) is 45.1 Å². The van der Waals surface area contributed by atoms with Crippen LogP contribution in [0.25, 0.3) is 0 Å². The van der Waals surface area contributed by atoms with Crippen molar-refractivity contribution >= 4 is 5.78 Å². The normalized spacial score (nSPS) is 38.6. The van der Waals surface area contributed by atoms with Crippen LogP contribution < -0.4 is 0 Å². The first-order valence-electron chi connectivity index (χ1n) is 9.27. The third kappa shape index (κ3) is 1.73. The number of hydrogen-bond donors (Lipinski definition) is 2. The second-order valence-corrected chi connectivity index (χ2v) is 8.45. The van der Waals surface area contributed by atoms with Crippen LogP contribution >= 0.6 is 0 Å². The van der Waals surface area contributed by atoms with Crippen LogP contribution in [0.1, 0.15) is 55.2 Å². The van der Waals surface area contributed by atoms with Gasteiger partial charge in [-0.3, -0.25) is 9.69 Å². The predicted octanol–water partition coefficient (Wildman–Crippen LogP) is 2.22. The number of aromatic hydroxyl groups is 1. The zero-order valence-corrected chi connectivity index (χ0v) is 14.2. The van der Waals surface area contributed by atoms with E-state index in [0.717, 1.165) is 30.5 Å². The van der Waals surface area contributed by atoms with Crippen LogP contribution in [0.2, 0.25) is 0 Å². The summed E-state index contributed by atoms with van der Waals surface area (Å²) in [5, 5.41) is 22.1. The van der Waals surface area contributed by atoms with Gasteiger partial charge in [-0.1, -0.05) is 0 Å². The minimum Gasteiger partial charge on any atom is -0.508 e. The minimum atomic E-state index is -0.838. The second-order valence-electron chi connectivity index (χ2n) is 8.45. The van der Waals surface area contributed by atoms with E-state index in [9.17, 15) is 15.0 Å². The number of benzene rings is 1. The molecule has 3 aliphatic carbocycles. The van der Waals surface area contributed by atoms with E-state index in [0.29, 0.717) is 25.3 Å².